The summed E-state index contributed by atoms with van der Waals surface area (Å²) in [6.07, 6.45) is 0.0973. The van der Waals surface area contributed by atoms with Gasteiger partial charge in [-0.25, -0.2) is 13.1 Å². The van der Waals surface area contributed by atoms with Crippen LogP contribution < -0.4 is 4.72 Å². The Balaban J connectivity index is 1.79. The zero-order valence-corrected chi connectivity index (χ0v) is 17.1. The molecule has 2 aromatic rings. The predicted octanol–water partition coefficient (Wildman–Crippen LogP) is 2.01. The lowest BCUT2D eigenvalue weighted by Gasteiger charge is -2.40. The number of nitriles is 1. The van der Waals surface area contributed by atoms with Gasteiger partial charge in [-0.3, -0.25) is 4.79 Å². The molecule has 2 aromatic carbocycles. The summed E-state index contributed by atoms with van der Waals surface area (Å²) in [6.45, 7) is 2.18. The predicted molar refractivity (Wildman–Crippen MR) is 110 cm³/mol. The van der Waals surface area contributed by atoms with E-state index in [1.54, 1.807) is 12.1 Å². The molecule has 1 atom stereocenters. The number of likely N-dealkylation sites (N-methyl/N-ethyl adjacent to an activating group) is 1. The van der Waals surface area contributed by atoms with Crippen molar-refractivity contribution in [3.05, 3.63) is 65.7 Å². The van der Waals surface area contributed by atoms with Crippen molar-refractivity contribution in [2.45, 2.75) is 17.4 Å². The summed E-state index contributed by atoms with van der Waals surface area (Å²) in [5.41, 5.74) is 1.53. The number of carbonyl (C=O) groups is 1. The molecule has 1 fully saturated rings. The smallest absolute Gasteiger partial charge is 0.254 e. The van der Waals surface area contributed by atoms with Crippen molar-refractivity contribution in [3.63, 3.8) is 0 Å². The molecule has 1 heterocycles. The van der Waals surface area contributed by atoms with E-state index in [4.69, 9.17) is 5.26 Å². The van der Waals surface area contributed by atoms with Crippen LogP contribution in [0.2, 0.25) is 0 Å². The lowest BCUT2D eigenvalue weighted by Crippen LogP contribution is -2.49. The number of hydrogen-bond donors (Lipinski definition) is 1. The molecule has 0 unspecified atom stereocenters. The summed E-state index contributed by atoms with van der Waals surface area (Å²) >= 11 is 0. The highest BCUT2D eigenvalue weighted by Crippen LogP contribution is 2.26. The van der Waals surface area contributed by atoms with Crippen molar-refractivity contribution >= 4 is 15.9 Å². The summed E-state index contributed by atoms with van der Waals surface area (Å²) in [5.74, 6) is -0.117. The molecule has 7 nitrogen and oxygen atoms in total. The first-order valence-electron chi connectivity index (χ1n) is 9.43. The Morgan fingerprint density at radius 2 is 1.83 bits per heavy atom. The molecule has 29 heavy (non-hydrogen) atoms. The third kappa shape index (κ3) is 5.01. The number of rotatable bonds is 6. The normalized spacial score (nSPS) is 17.7. The molecule has 1 aliphatic heterocycles. The topological polar surface area (TPSA) is 93.5 Å². The highest BCUT2D eigenvalue weighted by molar-refractivity contribution is 7.89. The van der Waals surface area contributed by atoms with Gasteiger partial charge in [-0.15, -0.1) is 0 Å². The zero-order chi connectivity index (χ0) is 20.9. The number of benzene rings is 2. The maximum Gasteiger partial charge on any atom is 0.254 e. The first kappa shape index (κ1) is 21.0. The fourth-order valence-corrected chi connectivity index (χ4v) is 4.42. The van der Waals surface area contributed by atoms with E-state index in [0.717, 1.165) is 18.7 Å². The Hall–Kier alpha value is -2.73. The van der Waals surface area contributed by atoms with Crippen molar-refractivity contribution in [1.29, 1.82) is 5.26 Å². The Bertz CT molecular complexity index is 985. The summed E-state index contributed by atoms with van der Waals surface area (Å²) in [6, 6.07) is 17.7. The maximum atomic E-state index is 13.2. The summed E-state index contributed by atoms with van der Waals surface area (Å²) in [4.78, 5) is 17.3. The minimum absolute atomic E-state index is 0.0551. The molecule has 0 bridgehead atoms. The van der Waals surface area contributed by atoms with Gasteiger partial charge in [0.15, 0.2) is 0 Å². The summed E-state index contributed by atoms with van der Waals surface area (Å²) in [7, 11) is -1.66. The van der Waals surface area contributed by atoms with Crippen LogP contribution in [0, 0.1) is 11.3 Å². The number of nitrogens with zero attached hydrogens (tertiary/aromatic N) is 3. The molecule has 0 saturated carbocycles. The van der Waals surface area contributed by atoms with E-state index in [2.05, 4.69) is 9.62 Å². The van der Waals surface area contributed by atoms with Gasteiger partial charge in [-0.2, -0.15) is 5.26 Å². The van der Waals surface area contributed by atoms with Crippen molar-refractivity contribution in [2.24, 2.45) is 0 Å². The van der Waals surface area contributed by atoms with Crippen LogP contribution in [-0.2, 0) is 10.0 Å². The first-order valence-corrected chi connectivity index (χ1v) is 10.9. The fourth-order valence-electron chi connectivity index (χ4n) is 3.39. The molecule has 3 rings (SSSR count). The van der Waals surface area contributed by atoms with E-state index < -0.39 is 10.0 Å². The molecule has 1 amide bonds. The number of sulfonamides is 1. The molecular formula is C21H24N4O3S. The van der Waals surface area contributed by atoms with Gasteiger partial charge in [0.05, 0.1) is 17.0 Å². The largest absolute Gasteiger partial charge is 0.329 e. The number of amides is 1. The van der Waals surface area contributed by atoms with Gasteiger partial charge >= 0.3 is 0 Å². The van der Waals surface area contributed by atoms with Gasteiger partial charge < -0.3 is 9.80 Å². The molecule has 1 N–H and O–H groups in total. The second-order valence-corrected chi connectivity index (χ2v) is 8.78. The second-order valence-electron chi connectivity index (χ2n) is 7.02. The average molecular weight is 413 g/mol. The summed E-state index contributed by atoms with van der Waals surface area (Å²) in [5, 5.41) is 8.55. The van der Waals surface area contributed by atoms with E-state index in [-0.39, 0.29) is 29.8 Å². The van der Waals surface area contributed by atoms with Gasteiger partial charge in [-0.05, 0) is 36.9 Å². The van der Waals surface area contributed by atoms with Crippen molar-refractivity contribution in [3.8, 4) is 6.07 Å². The van der Waals surface area contributed by atoms with Gasteiger partial charge in [-0.1, -0.05) is 30.3 Å². The SMILES string of the molecule is CN1CCN(C(=O)c2ccc(S(=O)(=O)NCCC#N)cc2)[C@H](c2ccccc2)C1. The molecule has 8 heteroatoms. The fraction of sp³-hybridized carbons (Fsp3) is 0.333. The number of carbonyl (C=O) groups excluding carboxylic acids is 1. The molecular weight excluding hydrogens is 388 g/mol. The number of nitrogens with one attached hydrogen (secondary N) is 1. The third-order valence-electron chi connectivity index (χ3n) is 4.97. The van der Waals surface area contributed by atoms with Gasteiger partial charge in [0.25, 0.3) is 5.91 Å². The van der Waals surface area contributed by atoms with Crippen LogP contribution in [-0.4, -0.2) is 57.4 Å². The highest BCUT2D eigenvalue weighted by Gasteiger charge is 2.30. The van der Waals surface area contributed by atoms with Crippen molar-refractivity contribution in [1.82, 2.24) is 14.5 Å². The van der Waals surface area contributed by atoms with E-state index in [1.165, 1.54) is 12.1 Å². The van der Waals surface area contributed by atoms with E-state index in [0.29, 0.717) is 12.1 Å². The van der Waals surface area contributed by atoms with Crippen LogP contribution in [0.25, 0.3) is 0 Å². The van der Waals surface area contributed by atoms with Crippen LogP contribution in [0.4, 0.5) is 0 Å². The van der Waals surface area contributed by atoms with Crippen LogP contribution in [0.3, 0.4) is 0 Å². The Morgan fingerprint density at radius 1 is 1.14 bits per heavy atom. The summed E-state index contributed by atoms with van der Waals surface area (Å²) < 4.78 is 26.9. The molecule has 1 saturated heterocycles. The lowest BCUT2D eigenvalue weighted by atomic mass is 10.0. The Kier molecular flexibility index (Phi) is 6.64. The monoisotopic (exact) mass is 412 g/mol. The van der Waals surface area contributed by atoms with Gasteiger partial charge in [0.2, 0.25) is 10.0 Å². The molecule has 152 valence electrons. The van der Waals surface area contributed by atoms with Gasteiger partial charge in [0, 0.05) is 38.2 Å². The standard InChI is InChI=1S/C21H24N4O3S/c1-24-14-15-25(20(16-24)17-6-3-2-4-7-17)21(26)18-8-10-19(11-9-18)29(27,28)23-13-5-12-22/h2-4,6-11,20,23H,5,13-16H2,1H3/t20-/m0/s1. The molecule has 0 aromatic heterocycles. The van der Waals surface area contributed by atoms with Crippen LogP contribution in [0.5, 0.6) is 0 Å². The maximum absolute atomic E-state index is 13.2. The highest BCUT2D eigenvalue weighted by atomic mass is 32.2. The lowest BCUT2D eigenvalue weighted by molar-refractivity contribution is 0.0498. The Morgan fingerprint density at radius 3 is 2.48 bits per heavy atom. The van der Waals surface area contributed by atoms with Crippen molar-refractivity contribution < 1.29 is 13.2 Å². The van der Waals surface area contributed by atoms with Crippen LogP contribution >= 0.6 is 0 Å². The van der Waals surface area contributed by atoms with Crippen molar-refractivity contribution in [2.75, 3.05) is 33.2 Å². The van der Waals surface area contributed by atoms with E-state index in [1.807, 2.05) is 48.3 Å². The van der Waals surface area contributed by atoms with Crippen LogP contribution in [0.1, 0.15) is 28.4 Å². The van der Waals surface area contributed by atoms with E-state index in [9.17, 15) is 13.2 Å². The Labute approximate surface area is 171 Å². The third-order valence-corrected chi connectivity index (χ3v) is 6.45. The molecule has 0 aliphatic carbocycles. The minimum Gasteiger partial charge on any atom is -0.329 e. The second kappa shape index (κ2) is 9.18. The minimum atomic E-state index is -3.69. The first-order chi connectivity index (χ1) is 13.9. The quantitative estimate of drug-likeness (QED) is 0.733. The number of piperazine rings is 1. The van der Waals surface area contributed by atoms with Gasteiger partial charge in [0.1, 0.15) is 0 Å². The zero-order valence-electron chi connectivity index (χ0n) is 16.3. The molecule has 1 aliphatic rings. The number of hydrogen-bond acceptors (Lipinski definition) is 5. The average Bonchev–Trinajstić information content (AvgIpc) is 2.74. The van der Waals surface area contributed by atoms with Crippen LogP contribution in [0.15, 0.2) is 59.5 Å². The molecule has 0 radical (unpaired) electrons. The van der Waals surface area contributed by atoms with E-state index >= 15 is 0 Å². The molecule has 0 spiro atoms.